The van der Waals surface area contributed by atoms with Crippen LogP contribution in [0, 0.1) is 3.57 Å². The Morgan fingerprint density at radius 3 is 2.39 bits per heavy atom. The van der Waals surface area contributed by atoms with Crippen LogP contribution in [-0.4, -0.2) is 26.0 Å². The summed E-state index contributed by atoms with van der Waals surface area (Å²) in [7, 11) is 0. The van der Waals surface area contributed by atoms with E-state index in [4.69, 9.17) is 23.8 Å². The lowest BCUT2D eigenvalue weighted by Gasteiger charge is -2.11. The molecule has 168 valence electrons. The number of aryl methyl sites for hydroxylation is 1. The van der Waals surface area contributed by atoms with Crippen LogP contribution in [0.3, 0.4) is 0 Å². The first kappa shape index (κ1) is 23.6. The molecule has 1 heterocycles. The number of carbonyl (C=O) groups is 1. The van der Waals surface area contributed by atoms with Gasteiger partial charge in [-0.15, -0.1) is 10.2 Å². The number of halogens is 2. The minimum atomic E-state index is -0.297. The van der Waals surface area contributed by atoms with Gasteiger partial charge in [0.1, 0.15) is 11.0 Å². The van der Waals surface area contributed by atoms with E-state index in [1.165, 1.54) is 18.4 Å². The molecular formula is C24H21ClIN5OS. The molecule has 0 atom stereocenters. The summed E-state index contributed by atoms with van der Waals surface area (Å²) < 4.78 is 1.05. The summed E-state index contributed by atoms with van der Waals surface area (Å²) in [5.74, 6) is -0.297. The van der Waals surface area contributed by atoms with Crippen LogP contribution >= 0.6 is 46.4 Å². The SMILES string of the molecule is CCCCc1ccc(-n2nc3cc(Cl)c(NC(=S)NC(=O)c4ccc(I)cc4)cc3n2)cc1. The van der Waals surface area contributed by atoms with Crippen molar-refractivity contribution in [3.05, 3.63) is 80.4 Å². The summed E-state index contributed by atoms with van der Waals surface area (Å²) in [4.78, 5) is 14.0. The van der Waals surface area contributed by atoms with Crippen LogP contribution in [0.5, 0.6) is 0 Å². The molecule has 0 aliphatic heterocycles. The Labute approximate surface area is 215 Å². The highest BCUT2D eigenvalue weighted by Crippen LogP contribution is 2.27. The van der Waals surface area contributed by atoms with Gasteiger partial charge in [0.05, 0.1) is 16.4 Å². The number of amides is 1. The standard InChI is InChI=1S/C24H21ClIN5OS/c1-2-3-4-15-5-11-18(12-6-15)31-29-21-13-19(25)20(14-22(21)30-31)27-24(33)28-23(32)16-7-9-17(26)10-8-16/h5-14H,2-4H2,1H3,(H2,27,28,32,33). The van der Waals surface area contributed by atoms with Gasteiger partial charge in [-0.25, -0.2) is 0 Å². The van der Waals surface area contributed by atoms with E-state index in [1.807, 2.05) is 24.3 Å². The van der Waals surface area contributed by atoms with Crippen LogP contribution in [0.15, 0.2) is 60.7 Å². The van der Waals surface area contributed by atoms with E-state index in [0.29, 0.717) is 27.3 Å². The highest BCUT2D eigenvalue weighted by atomic mass is 127. The second-order valence-electron chi connectivity index (χ2n) is 7.50. The van der Waals surface area contributed by atoms with Crippen LogP contribution in [0.25, 0.3) is 16.7 Å². The molecule has 4 aromatic rings. The maximum atomic E-state index is 12.4. The van der Waals surface area contributed by atoms with Gasteiger partial charge < -0.3 is 5.32 Å². The molecule has 1 amide bonds. The summed E-state index contributed by atoms with van der Waals surface area (Å²) in [6, 6.07) is 18.9. The molecule has 0 saturated heterocycles. The number of nitrogens with one attached hydrogen (secondary N) is 2. The van der Waals surface area contributed by atoms with Gasteiger partial charge in [-0.05, 0) is 102 Å². The van der Waals surface area contributed by atoms with E-state index in [1.54, 1.807) is 29.1 Å². The minimum Gasteiger partial charge on any atom is -0.331 e. The van der Waals surface area contributed by atoms with Crippen LogP contribution in [0.1, 0.15) is 35.7 Å². The summed E-state index contributed by atoms with van der Waals surface area (Å²) >= 11 is 13.9. The fourth-order valence-corrected chi connectivity index (χ4v) is 4.02. The zero-order chi connectivity index (χ0) is 23.4. The molecule has 0 spiro atoms. The van der Waals surface area contributed by atoms with E-state index in [0.717, 1.165) is 15.7 Å². The largest absolute Gasteiger partial charge is 0.331 e. The number of hydrogen-bond acceptors (Lipinski definition) is 4. The number of hydrogen-bond donors (Lipinski definition) is 2. The summed E-state index contributed by atoms with van der Waals surface area (Å²) in [6.07, 6.45) is 3.41. The predicted octanol–water partition coefficient (Wildman–Crippen LogP) is 6.15. The molecule has 33 heavy (non-hydrogen) atoms. The van der Waals surface area contributed by atoms with Gasteiger partial charge >= 0.3 is 0 Å². The maximum absolute atomic E-state index is 12.4. The second-order valence-corrected chi connectivity index (χ2v) is 9.56. The van der Waals surface area contributed by atoms with Gasteiger partial charge in [0.2, 0.25) is 0 Å². The molecule has 6 nitrogen and oxygen atoms in total. The average molecular weight is 590 g/mol. The number of carbonyl (C=O) groups excluding carboxylic acids is 1. The molecule has 0 unspecified atom stereocenters. The van der Waals surface area contributed by atoms with Crippen molar-refractivity contribution in [1.82, 2.24) is 20.3 Å². The number of anilines is 1. The van der Waals surface area contributed by atoms with E-state index in [2.05, 4.69) is 62.5 Å². The molecule has 9 heteroatoms. The molecule has 0 saturated carbocycles. The second kappa shape index (κ2) is 10.6. The van der Waals surface area contributed by atoms with Crippen molar-refractivity contribution < 1.29 is 4.79 Å². The third kappa shape index (κ3) is 5.87. The average Bonchev–Trinajstić information content (AvgIpc) is 3.21. The van der Waals surface area contributed by atoms with E-state index in [-0.39, 0.29) is 11.0 Å². The zero-order valence-electron chi connectivity index (χ0n) is 17.8. The summed E-state index contributed by atoms with van der Waals surface area (Å²) in [5.41, 5.74) is 4.55. The molecule has 0 radical (unpaired) electrons. The van der Waals surface area contributed by atoms with E-state index < -0.39 is 0 Å². The number of fused-ring (bicyclic) bond motifs is 1. The highest BCUT2D eigenvalue weighted by Gasteiger charge is 2.13. The molecule has 0 fully saturated rings. The first-order chi connectivity index (χ1) is 15.9. The molecule has 0 aliphatic rings. The molecule has 4 rings (SSSR count). The topological polar surface area (TPSA) is 71.8 Å². The zero-order valence-corrected chi connectivity index (χ0v) is 21.5. The van der Waals surface area contributed by atoms with E-state index >= 15 is 0 Å². The quantitative estimate of drug-likeness (QED) is 0.209. The van der Waals surface area contributed by atoms with Crippen molar-refractivity contribution in [2.75, 3.05) is 5.32 Å². The number of nitrogens with zero attached hydrogens (tertiary/aromatic N) is 3. The van der Waals surface area contributed by atoms with Crippen molar-refractivity contribution in [2.24, 2.45) is 0 Å². The Kier molecular flexibility index (Phi) is 7.56. The van der Waals surface area contributed by atoms with E-state index in [9.17, 15) is 4.79 Å². The lowest BCUT2D eigenvalue weighted by atomic mass is 10.1. The summed E-state index contributed by atoms with van der Waals surface area (Å²) in [5, 5.41) is 15.3. The fraction of sp³-hybridized carbons (Fsp3) is 0.167. The van der Waals surface area contributed by atoms with Crippen molar-refractivity contribution in [3.63, 3.8) is 0 Å². The maximum Gasteiger partial charge on any atom is 0.257 e. The number of rotatable bonds is 6. The number of unbranched alkanes of at least 4 members (excludes halogenated alkanes) is 1. The lowest BCUT2D eigenvalue weighted by Crippen LogP contribution is -2.34. The number of thiocarbonyl (C=S) groups is 1. The third-order valence-electron chi connectivity index (χ3n) is 5.04. The molecule has 0 bridgehead atoms. The van der Waals surface area contributed by atoms with Gasteiger partial charge in [0.15, 0.2) is 5.11 Å². The highest BCUT2D eigenvalue weighted by molar-refractivity contribution is 14.1. The van der Waals surface area contributed by atoms with Crippen molar-refractivity contribution >= 4 is 74.2 Å². The normalized spacial score (nSPS) is 10.9. The van der Waals surface area contributed by atoms with Gasteiger partial charge in [0, 0.05) is 9.13 Å². The lowest BCUT2D eigenvalue weighted by molar-refractivity contribution is 0.0977. The van der Waals surface area contributed by atoms with Gasteiger partial charge in [-0.3, -0.25) is 10.1 Å². The monoisotopic (exact) mass is 589 g/mol. The van der Waals surface area contributed by atoms with Crippen LogP contribution in [0.4, 0.5) is 5.69 Å². The molecule has 0 aliphatic carbocycles. The van der Waals surface area contributed by atoms with Crippen molar-refractivity contribution in [3.8, 4) is 5.69 Å². The molecule has 2 N–H and O–H groups in total. The number of aromatic nitrogens is 3. The van der Waals surface area contributed by atoms with Crippen LogP contribution in [-0.2, 0) is 6.42 Å². The van der Waals surface area contributed by atoms with Crippen LogP contribution in [0.2, 0.25) is 5.02 Å². The minimum absolute atomic E-state index is 0.148. The predicted molar refractivity (Wildman–Crippen MR) is 145 cm³/mol. The molecule has 3 aromatic carbocycles. The Balaban J connectivity index is 1.48. The first-order valence-corrected chi connectivity index (χ1v) is 12.3. The first-order valence-electron chi connectivity index (χ1n) is 10.5. The summed E-state index contributed by atoms with van der Waals surface area (Å²) in [6.45, 7) is 2.19. The molecule has 1 aromatic heterocycles. The van der Waals surface area contributed by atoms with Gasteiger partial charge in [-0.2, -0.15) is 4.80 Å². The Morgan fingerprint density at radius 1 is 1.06 bits per heavy atom. The Morgan fingerprint density at radius 2 is 1.73 bits per heavy atom. The smallest absolute Gasteiger partial charge is 0.257 e. The fourth-order valence-electron chi connectivity index (χ4n) is 3.26. The van der Waals surface area contributed by atoms with Gasteiger partial charge in [-0.1, -0.05) is 37.1 Å². The van der Waals surface area contributed by atoms with Gasteiger partial charge in [0.25, 0.3) is 5.91 Å². The third-order valence-corrected chi connectivity index (χ3v) is 6.27. The Hall–Kier alpha value is -2.56. The molecular weight excluding hydrogens is 569 g/mol. The van der Waals surface area contributed by atoms with Crippen molar-refractivity contribution in [2.45, 2.75) is 26.2 Å². The number of benzene rings is 3. The van der Waals surface area contributed by atoms with Crippen LogP contribution < -0.4 is 10.6 Å². The van der Waals surface area contributed by atoms with Crippen molar-refractivity contribution in [1.29, 1.82) is 0 Å². The Bertz CT molecular complexity index is 1310.